The standard InChI is InChI=1S/C15H21NO6S/c1-16(11-4-5-23(18,19)10-11)15(17)9-22-14-7-12(20-2)6-13(8-14)21-3/h6-8,11H,4-5,9-10H2,1-3H3. The number of benzene rings is 1. The lowest BCUT2D eigenvalue weighted by atomic mass is 10.2. The quantitative estimate of drug-likeness (QED) is 0.757. The van der Waals surface area contributed by atoms with E-state index in [0.717, 1.165) is 0 Å². The van der Waals surface area contributed by atoms with Crippen molar-refractivity contribution in [3.05, 3.63) is 18.2 Å². The van der Waals surface area contributed by atoms with E-state index in [2.05, 4.69) is 0 Å². The summed E-state index contributed by atoms with van der Waals surface area (Å²) in [5.74, 6) is 1.44. The first kappa shape index (κ1) is 17.4. The van der Waals surface area contributed by atoms with Crippen molar-refractivity contribution in [1.82, 2.24) is 4.90 Å². The smallest absolute Gasteiger partial charge is 0.260 e. The van der Waals surface area contributed by atoms with Crippen LogP contribution in [-0.4, -0.2) is 64.6 Å². The summed E-state index contributed by atoms with van der Waals surface area (Å²) in [5.41, 5.74) is 0. The Morgan fingerprint density at radius 3 is 2.22 bits per heavy atom. The zero-order chi connectivity index (χ0) is 17.0. The van der Waals surface area contributed by atoms with E-state index in [-0.39, 0.29) is 30.1 Å². The fourth-order valence-corrected chi connectivity index (χ4v) is 4.17. The molecule has 1 aromatic rings. The summed E-state index contributed by atoms with van der Waals surface area (Å²) in [6.07, 6.45) is 0.470. The molecule has 1 saturated heterocycles. The van der Waals surface area contributed by atoms with E-state index in [4.69, 9.17) is 14.2 Å². The molecule has 0 spiro atoms. The molecular weight excluding hydrogens is 322 g/mol. The highest BCUT2D eigenvalue weighted by Gasteiger charge is 2.32. The molecule has 1 amide bonds. The van der Waals surface area contributed by atoms with Gasteiger partial charge in [-0.05, 0) is 6.42 Å². The SMILES string of the molecule is COc1cc(OC)cc(OCC(=O)N(C)C2CCS(=O)(=O)C2)c1. The molecule has 1 aliphatic rings. The molecule has 0 aromatic heterocycles. The van der Waals surface area contributed by atoms with Gasteiger partial charge < -0.3 is 19.1 Å². The molecule has 0 radical (unpaired) electrons. The van der Waals surface area contributed by atoms with Gasteiger partial charge in [0, 0.05) is 31.3 Å². The number of nitrogens with zero attached hydrogens (tertiary/aromatic N) is 1. The molecule has 128 valence electrons. The van der Waals surface area contributed by atoms with Crippen LogP contribution in [0, 0.1) is 0 Å². The van der Waals surface area contributed by atoms with E-state index in [9.17, 15) is 13.2 Å². The van der Waals surface area contributed by atoms with Gasteiger partial charge in [-0.2, -0.15) is 0 Å². The Hall–Kier alpha value is -1.96. The van der Waals surface area contributed by atoms with Crippen molar-refractivity contribution in [3.8, 4) is 17.2 Å². The predicted molar refractivity (Wildman–Crippen MR) is 84.9 cm³/mol. The van der Waals surface area contributed by atoms with Gasteiger partial charge in [0.1, 0.15) is 17.2 Å². The zero-order valence-corrected chi connectivity index (χ0v) is 14.3. The van der Waals surface area contributed by atoms with Gasteiger partial charge in [-0.15, -0.1) is 0 Å². The highest BCUT2D eigenvalue weighted by molar-refractivity contribution is 7.91. The molecule has 1 heterocycles. The summed E-state index contributed by atoms with van der Waals surface area (Å²) in [4.78, 5) is 13.6. The van der Waals surface area contributed by atoms with E-state index >= 15 is 0 Å². The summed E-state index contributed by atoms with van der Waals surface area (Å²) in [6, 6.07) is 4.71. The van der Waals surface area contributed by atoms with Gasteiger partial charge in [0.25, 0.3) is 5.91 Å². The molecule has 1 fully saturated rings. The van der Waals surface area contributed by atoms with Gasteiger partial charge in [0.2, 0.25) is 0 Å². The zero-order valence-electron chi connectivity index (χ0n) is 13.4. The molecule has 2 rings (SSSR count). The van der Waals surface area contributed by atoms with Crippen LogP contribution >= 0.6 is 0 Å². The Morgan fingerprint density at radius 1 is 1.17 bits per heavy atom. The van der Waals surface area contributed by atoms with Gasteiger partial charge in [-0.3, -0.25) is 4.79 Å². The lowest BCUT2D eigenvalue weighted by molar-refractivity contribution is -0.133. The third-order valence-corrected chi connectivity index (χ3v) is 5.59. The monoisotopic (exact) mass is 343 g/mol. The number of carbonyl (C=O) groups excluding carboxylic acids is 1. The molecule has 1 aromatic carbocycles. The van der Waals surface area contributed by atoms with Crippen LogP contribution < -0.4 is 14.2 Å². The molecule has 23 heavy (non-hydrogen) atoms. The molecule has 1 atom stereocenters. The fraction of sp³-hybridized carbons (Fsp3) is 0.533. The molecule has 0 aliphatic carbocycles. The Kier molecular flexibility index (Phi) is 5.35. The maximum absolute atomic E-state index is 12.2. The third kappa shape index (κ3) is 4.51. The number of carbonyl (C=O) groups is 1. The van der Waals surface area contributed by atoms with Crippen LogP contribution in [0.4, 0.5) is 0 Å². The van der Waals surface area contributed by atoms with Gasteiger partial charge in [0.05, 0.1) is 25.7 Å². The normalized spacial score (nSPS) is 19.2. The largest absolute Gasteiger partial charge is 0.496 e. The van der Waals surface area contributed by atoms with Crippen molar-refractivity contribution < 1.29 is 27.4 Å². The van der Waals surface area contributed by atoms with Crippen molar-refractivity contribution in [1.29, 1.82) is 0 Å². The summed E-state index contributed by atoms with van der Waals surface area (Å²) in [5, 5.41) is 0. The maximum atomic E-state index is 12.2. The molecule has 0 saturated carbocycles. The molecule has 8 heteroatoms. The van der Waals surface area contributed by atoms with E-state index in [1.165, 1.54) is 19.1 Å². The fourth-order valence-electron chi connectivity index (χ4n) is 2.40. The topological polar surface area (TPSA) is 82.1 Å². The number of likely N-dealkylation sites (N-methyl/N-ethyl adjacent to an activating group) is 1. The van der Waals surface area contributed by atoms with Crippen LogP contribution in [0.25, 0.3) is 0 Å². The Bertz CT molecular complexity index is 650. The molecular formula is C15H21NO6S. The van der Waals surface area contributed by atoms with Crippen LogP contribution in [0.2, 0.25) is 0 Å². The minimum Gasteiger partial charge on any atom is -0.496 e. The van der Waals surface area contributed by atoms with Gasteiger partial charge >= 0.3 is 0 Å². The van der Waals surface area contributed by atoms with Crippen LogP contribution in [0.1, 0.15) is 6.42 Å². The van der Waals surface area contributed by atoms with Gasteiger partial charge in [-0.25, -0.2) is 8.42 Å². The average molecular weight is 343 g/mol. The van der Waals surface area contributed by atoms with Gasteiger partial charge in [0.15, 0.2) is 16.4 Å². The maximum Gasteiger partial charge on any atom is 0.260 e. The predicted octanol–water partition coefficient (Wildman–Crippen LogP) is 0.728. The average Bonchev–Trinajstić information content (AvgIpc) is 2.91. The first-order chi connectivity index (χ1) is 10.8. The first-order valence-electron chi connectivity index (χ1n) is 7.16. The lowest BCUT2D eigenvalue weighted by Gasteiger charge is -2.23. The molecule has 7 nitrogen and oxygen atoms in total. The van der Waals surface area contributed by atoms with E-state index in [0.29, 0.717) is 23.7 Å². The summed E-state index contributed by atoms with van der Waals surface area (Å²) in [6.45, 7) is -0.177. The third-order valence-electron chi connectivity index (χ3n) is 3.84. The molecule has 1 unspecified atom stereocenters. The van der Waals surface area contributed by atoms with Crippen molar-refractivity contribution in [2.45, 2.75) is 12.5 Å². The van der Waals surface area contributed by atoms with E-state index < -0.39 is 9.84 Å². The number of hydrogen-bond acceptors (Lipinski definition) is 6. The number of rotatable bonds is 6. The van der Waals surface area contributed by atoms with Crippen LogP contribution in [0.15, 0.2) is 18.2 Å². The van der Waals surface area contributed by atoms with Crippen molar-refractivity contribution in [2.24, 2.45) is 0 Å². The first-order valence-corrected chi connectivity index (χ1v) is 8.98. The minimum absolute atomic E-state index is 0.0161. The lowest BCUT2D eigenvalue weighted by Crippen LogP contribution is -2.40. The Morgan fingerprint density at radius 2 is 1.74 bits per heavy atom. The second-order valence-electron chi connectivity index (χ2n) is 5.40. The van der Waals surface area contributed by atoms with Gasteiger partial charge in [-0.1, -0.05) is 0 Å². The number of methoxy groups -OCH3 is 2. The Labute approximate surface area is 136 Å². The van der Waals surface area contributed by atoms with Crippen molar-refractivity contribution in [2.75, 3.05) is 39.4 Å². The summed E-state index contributed by atoms with van der Waals surface area (Å²) >= 11 is 0. The van der Waals surface area contributed by atoms with Crippen molar-refractivity contribution in [3.63, 3.8) is 0 Å². The van der Waals surface area contributed by atoms with E-state index in [1.54, 1.807) is 25.2 Å². The molecule has 0 bridgehead atoms. The number of ether oxygens (including phenoxy) is 3. The van der Waals surface area contributed by atoms with E-state index in [1.807, 2.05) is 0 Å². The minimum atomic E-state index is -3.03. The van der Waals surface area contributed by atoms with Crippen LogP contribution in [0.3, 0.4) is 0 Å². The van der Waals surface area contributed by atoms with Crippen molar-refractivity contribution >= 4 is 15.7 Å². The van der Waals surface area contributed by atoms with Crippen LogP contribution in [0.5, 0.6) is 17.2 Å². The highest BCUT2D eigenvalue weighted by atomic mass is 32.2. The summed E-state index contributed by atoms with van der Waals surface area (Å²) < 4.78 is 38.7. The summed E-state index contributed by atoms with van der Waals surface area (Å²) in [7, 11) is 1.63. The number of hydrogen-bond donors (Lipinski definition) is 0. The second kappa shape index (κ2) is 7.08. The number of sulfone groups is 1. The van der Waals surface area contributed by atoms with Crippen LogP contribution in [-0.2, 0) is 14.6 Å². The highest BCUT2D eigenvalue weighted by Crippen LogP contribution is 2.27. The molecule has 1 aliphatic heterocycles. The second-order valence-corrected chi connectivity index (χ2v) is 7.63. The Balaban J connectivity index is 1.96. The number of amides is 1. The molecule has 0 N–H and O–H groups in total.